The standard InChI is InChI=1S/C17H23BrO4/c18-16-6-2-1-5-14(16)13-20-12-9-15(8-10-19)22-17-7-3-4-11-21-17/h1-2,5-6,10,15,17H,3-4,7-9,11-13H2/t15-,17?/m1/s1. The number of carbonyl (C=O) groups excluding carboxylic acids is 1. The minimum atomic E-state index is -0.165. The number of rotatable bonds is 9. The molecule has 1 aliphatic rings. The van der Waals surface area contributed by atoms with Gasteiger partial charge in [0.1, 0.15) is 6.29 Å². The van der Waals surface area contributed by atoms with Gasteiger partial charge in [0.2, 0.25) is 0 Å². The lowest BCUT2D eigenvalue weighted by Crippen LogP contribution is -2.29. The molecule has 1 unspecified atom stereocenters. The zero-order valence-corrected chi connectivity index (χ0v) is 14.3. The van der Waals surface area contributed by atoms with Crippen molar-refractivity contribution in [2.75, 3.05) is 13.2 Å². The summed E-state index contributed by atoms with van der Waals surface area (Å²) in [6.45, 7) is 1.86. The molecular formula is C17H23BrO4. The van der Waals surface area contributed by atoms with E-state index in [2.05, 4.69) is 15.9 Å². The number of halogens is 1. The van der Waals surface area contributed by atoms with E-state index in [1.807, 2.05) is 24.3 Å². The van der Waals surface area contributed by atoms with E-state index in [1.54, 1.807) is 0 Å². The van der Waals surface area contributed by atoms with Crippen LogP contribution in [0.5, 0.6) is 0 Å². The van der Waals surface area contributed by atoms with E-state index in [4.69, 9.17) is 14.2 Å². The number of carbonyl (C=O) groups is 1. The third-order valence-corrected chi connectivity index (χ3v) is 4.41. The van der Waals surface area contributed by atoms with Crippen molar-refractivity contribution in [3.05, 3.63) is 34.3 Å². The van der Waals surface area contributed by atoms with Gasteiger partial charge in [-0.1, -0.05) is 34.1 Å². The van der Waals surface area contributed by atoms with Crippen LogP contribution >= 0.6 is 15.9 Å². The van der Waals surface area contributed by atoms with Gasteiger partial charge in [-0.2, -0.15) is 0 Å². The van der Waals surface area contributed by atoms with Gasteiger partial charge in [-0.05, 0) is 37.3 Å². The summed E-state index contributed by atoms with van der Waals surface area (Å²) in [5.41, 5.74) is 1.12. The topological polar surface area (TPSA) is 44.8 Å². The summed E-state index contributed by atoms with van der Waals surface area (Å²) in [5.74, 6) is 0. The number of hydrogen-bond acceptors (Lipinski definition) is 4. The van der Waals surface area contributed by atoms with Gasteiger partial charge in [-0.25, -0.2) is 0 Å². The van der Waals surface area contributed by atoms with Crippen LogP contribution in [0, 0.1) is 0 Å². The van der Waals surface area contributed by atoms with Gasteiger partial charge in [-0.3, -0.25) is 0 Å². The van der Waals surface area contributed by atoms with E-state index >= 15 is 0 Å². The first-order valence-corrected chi connectivity index (χ1v) is 8.60. The third kappa shape index (κ3) is 6.16. The van der Waals surface area contributed by atoms with Crippen LogP contribution in [-0.2, 0) is 25.6 Å². The summed E-state index contributed by atoms with van der Waals surface area (Å²) in [5, 5.41) is 0. The monoisotopic (exact) mass is 370 g/mol. The Morgan fingerprint density at radius 1 is 1.36 bits per heavy atom. The van der Waals surface area contributed by atoms with Crippen molar-refractivity contribution in [1.29, 1.82) is 0 Å². The van der Waals surface area contributed by atoms with E-state index in [0.29, 0.717) is 26.1 Å². The number of hydrogen-bond donors (Lipinski definition) is 0. The second kappa shape index (κ2) is 10.1. The molecule has 0 amide bonds. The molecule has 0 saturated carbocycles. The largest absolute Gasteiger partial charge is 0.377 e. The van der Waals surface area contributed by atoms with Crippen molar-refractivity contribution < 1.29 is 19.0 Å². The molecule has 1 aromatic carbocycles. The lowest BCUT2D eigenvalue weighted by Gasteiger charge is -2.27. The second-order valence-electron chi connectivity index (χ2n) is 5.39. The van der Waals surface area contributed by atoms with Crippen LogP contribution in [0.3, 0.4) is 0 Å². The molecule has 22 heavy (non-hydrogen) atoms. The fraction of sp³-hybridized carbons (Fsp3) is 0.588. The highest BCUT2D eigenvalue weighted by Crippen LogP contribution is 2.19. The Balaban J connectivity index is 1.69. The van der Waals surface area contributed by atoms with Gasteiger partial charge < -0.3 is 19.0 Å². The van der Waals surface area contributed by atoms with Crippen LogP contribution in [0.1, 0.15) is 37.7 Å². The molecule has 0 bridgehead atoms. The van der Waals surface area contributed by atoms with Crippen molar-refractivity contribution in [3.63, 3.8) is 0 Å². The van der Waals surface area contributed by atoms with Crippen molar-refractivity contribution in [2.24, 2.45) is 0 Å². The molecular weight excluding hydrogens is 348 g/mol. The fourth-order valence-electron chi connectivity index (χ4n) is 2.39. The molecule has 0 aromatic heterocycles. The summed E-state index contributed by atoms with van der Waals surface area (Å²) in [6.07, 6.45) is 4.82. The minimum absolute atomic E-state index is 0.125. The summed E-state index contributed by atoms with van der Waals surface area (Å²) in [7, 11) is 0. The second-order valence-corrected chi connectivity index (χ2v) is 6.24. The average Bonchev–Trinajstić information content (AvgIpc) is 2.54. The van der Waals surface area contributed by atoms with Crippen molar-refractivity contribution in [1.82, 2.24) is 0 Å². The molecule has 1 heterocycles. The summed E-state index contributed by atoms with van der Waals surface area (Å²) in [6, 6.07) is 7.99. The fourth-order valence-corrected chi connectivity index (χ4v) is 2.79. The molecule has 5 heteroatoms. The molecule has 122 valence electrons. The maximum absolute atomic E-state index is 10.8. The van der Waals surface area contributed by atoms with Crippen LogP contribution in [0.15, 0.2) is 28.7 Å². The van der Waals surface area contributed by atoms with Crippen LogP contribution in [-0.4, -0.2) is 31.9 Å². The molecule has 1 saturated heterocycles. The Hall–Kier alpha value is -0.750. The van der Waals surface area contributed by atoms with Crippen LogP contribution < -0.4 is 0 Å². The number of ether oxygens (including phenoxy) is 3. The Bertz CT molecular complexity index is 446. The highest BCUT2D eigenvalue weighted by Gasteiger charge is 2.19. The third-order valence-electron chi connectivity index (χ3n) is 3.64. The minimum Gasteiger partial charge on any atom is -0.377 e. The number of aldehydes is 1. The summed E-state index contributed by atoms with van der Waals surface area (Å²) < 4.78 is 18.2. The average molecular weight is 371 g/mol. The molecule has 1 aromatic rings. The van der Waals surface area contributed by atoms with Crippen LogP contribution in [0.2, 0.25) is 0 Å². The predicted octanol–water partition coefficient (Wildman–Crippen LogP) is 3.86. The Kier molecular flexibility index (Phi) is 8.08. The molecule has 0 spiro atoms. The van der Waals surface area contributed by atoms with Gasteiger partial charge in [-0.15, -0.1) is 0 Å². The first kappa shape index (κ1) is 17.6. The van der Waals surface area contributed by atoms with E-state index in [0.717, 1.165) is 42.2 Å². The van der Waals surface area contributed by atoms with Gasteiger partial charge in [0.15, 0.2) is 6.29 Å². The van der Waals surface area contributed by atoms with Gasteiger partial charge in [0.05, 0.1) is 12.7 Å². The quantitative estimate of drug-likeness (QED) is 0.489. The molecule has 0 N–H and O–H groups in total. The zero-order chi connectivity index (χ0) is 15.6. The van der Waals surface area contributed by atoms with Gasteiger partial charge >= 0.3 is 0 Å². The molecule has 2 atom stereocenters. The van der Waals surface area contributed by atoms with Crippen molar-refractivity contribution in [3.8, 4) is 0 Å². The maximum Gasteiger partial charge on any atom is 0.157 e. The smallest absolute Gasteiger partial charge is 0.157 e. The normalized spacial score (nSPS) is 19.8. The first-order chi connectivity index (χ1) is 10.8. The lowest BCUT2D eigenvalue weighted by molar-refractivity contribution is -0.191. The SMILES string of the molecule is O=CC[C@H](CCOCc1ccccc1Br)OC1CCCCO1. The highest BCUT2D eigenvalue weighted by molar-refractivity contribution is 9.10. The maximum atomic E-state index is 10.8. The van der Waals surface area contributed by atoms with E-state index in [-0.39, 0.29) is 12.4 Å². The molecule has 4 nitrogen and oxygen atoms in total. The molecule has 1 aliphatic heterocycles. The molecule has 0 aliphatic carbocycles. The lowest BCUT2D eigenvalue weighted by atomic mass is 10.2. The first-order valence-electron chi connectivity index (χ1n) is 7.81. The molecule has 2 rings (SSSR count). The Labute approximate surface area is 140 Å². The summed E-state index contributed by atoms with van der Waals surface area (Å²) >= 11 is 3.50. The zero-order valence-electron chi connectivity index (χ0n) is 12.7. The van der Waals surface area contributed by atoms with Crippen molar-refractivity contribution in [2.45, 2.75) is 51.1 Å². The highest BCUT2D eigenvalue weighted by atomic mass is 79.9. The van der Waals surface area contributed by atoms with Crippen LogP contribution in [0.25, 0.3) is 0 Å². The van der Waals surface area contributed by atoms with Crippen molar-refractivity contribution >= 4 is 22.2 Å². The van der Waals surface area contributed by atoms with E-state index < -0.39 is 0 Å². The van der Waals surface area contributed by atoms with Crippen LogP contribution in [0.4, 0.5) is 0 Å². The Morgan fingerprint density at radius 2 is 2.23 bits per heavy atom. The molecule has 1 fully saturated rings. The summed E-state index contributed by atoms with van der Waals surface area (Å²) in [4.78, 5) is 10.8. The van der Waals surface area contributed by atoms with E-state index in [9.17, 15) is 4.79 Å². The predicted molar refractivity (Wildman–Crippen MR) is 87.6 cm³/mol. The van der Waals surface area contributed by atoms with Gasteiger partial charge in [0, 0.05) is 24.1 Å². The van der Waals surface area contributed by atoms with E-state index in [1.165, 1.54) is 0 Å². The number of benzene rings is 1. The van der Waals surface area contributed by atoms with Gasteiger partial charge in [0.25, 0.3) is 0 Å². The molecule has 0 radical (unpaired) electrons. The Morgan fingerprint density at radius 3 is 2.95 bits per heavy atom.